The molecule has 1 heteroatoms. The molecule has 1 aliphatic rings. The van der Waals surface area contributed by atoms with E-state index in [2.05, 4.69) is 65.0 Å². The predicted octanol–water partition coefficient (Wildman–Crippen LogP) is 5.16. The average Bonchev–Trinajstić information content (AvgIpc) is 2.66. The van der Waals surface area contributed by atoms with Gasteiger partial charge in [-0.1, -0.05) is 58.9 Å². The Labute approximate surface area is 127 Å². The highest BCUT2D eigenvalue weighted by molar-refractivity contribution is 5.82. The first-order valence-corrected chi connectivity index (χ1v) is 7.45. The van der Waals surface area contributed by atoms with Crippen LogP contribution in [0, 0.1) is 11.3 Å². The first-order valence-electron chi connectivity index (χ1n) is 7.45. The summed E-state index contributed by atoms with van der Waals surface area (Å²) >= 11 is 0. The fourth-order valence-electron chi connectivity index (χ4n) is 3.31. The predicted molar refractivity (Wildman–Crippen MR) is 87.4 cm³/mol. The number of hydrogen-bond acceptors (Lipinski definition) is 1. The number of hydrogen-bond donors (Lipinski definition) is 0. The molecule has 2 aromatic rings. The second-order valence-electron chi connectivity index (χ2n) is 7.51. The molecule has 0 fully saturated rings. The summed E-state index contributed by atoms with van der Waals surface area (Å²) in [7, 11) is 0. The quantitative estimate of drug-likeness (QED) is 0.651. The topological polar surface area (TPSA) is 23.8 Å². The molecule has 2 aromatic carbocycles. The Morgan fingerprint density at radius 3 is 2.05 bits per heavy atom. The molecule has 1 aliphatic carbocycles. The van der Waals surface area contributed by atoms with E-state index in [4.69, 9.17) is 0 Å². The summed E-state index contributed by atoms with van der Waals surface area (Å²) in [4.78, 5) is 0. The smallest absolute Gasteiger partial charge is 0.0991 e. The van der Waals surface area contributed by atoms with Crippen LogP contribution in [0.1, 0.15) is 56.9 Å². The lowest BCUT2D eigenvalue weighted by Gasteiger charge is -2.23. The van der Waals surface area contributed by atoms with Crippen molar-refractivity contribution < 1.29 is 0 Å². The maximum absolute atomic E-state index is 9.18. The van der Waals surface area contributed by atoms with E-state index in [9.17, 15) is 5.26 Å². The van der Waals surface area contributed by atoms with Crippen LogP contribution in [0.15, 0.2) is 36.4 Å². The van der Waals surface area contributed by atoms with E-state index in [-0.39, 0.29) is 10.8 Å². The van der Waals surface area contributed by atoms with Gasteiger partial charge in [0, 0.05) is 5.41 Å². The Bertz CT molecular complexity index is 767. The second-order valence-corrected chi connectivity index (χ2v) is 7.51. The molecule has 0 spiro atoms. The Kier molecular flexibility index (Phi) is 2.79. The van der Waals surface area contributed by atoms with Gasteiger partial charge in [-0.05, 0) is 45.4 Å². The molecule has 0 bridgehead atoms. The van der Waals surface area contributed by atoms with Crippen molar-refractivity contribution in [2.45, 2.75) is 45.4 Å². The van der Waals surface area contributed by atoms with Crippen LogP contribution in [-0.2, 0) is 10.8 Å². The lowest BCUT2D eigenvalue weighted by Crippen LogP contribution is -2.16. The van der Waals surface area contributed by atoms with E-state index >= 15 is 0 Å². The molecule has 0 aliphatic heterocycles. The molecule has 0 heterocycles. The Morgan fingerprint density at radius 1 is 0.905 bits per heavy atom. The average molecular weight is 275 g/mol. The van der Waals surface area contributed by atoms with Crippen LogP contribution in [0.4, 0.5) is 0 Å². The van der Waals surface area contributed by atoms with E-state index in [1.807, 2.05) is 12.1 Å². The van der Waals surface area contributed by atoms with Gasteiger partial charge in [-0.25, -0.2) is 0 Å². The van der Waals surface area contributed by atoms with Crippen LogP contribution in [0.3, 0.4) is 0 Å². The molecule has 0 saturated carbocycles. The molecule has 106 valence electrons. The molecule has 0 unspecified atom stereocenters. The Morgan fingerprint density at radius 2 is 1.48 bits per heavy atom. The van der Waals surface area contributed by atoms with Crippen LogP contribution < -0.4 is 0 Å². The van der Waals surface area contributed by atoms with Crippen molar-refractivity contribution in [1.82, 2.24) is 0 Å². The zero-order chi connectivity index (χ0) is 15.4. The normalized spacial score (nSPS) is 15.2. The molecular formula is C20H21N. The molecule has 0 amide bonds. The van der Waals surface area contributed by atoms with Gasteiger partial charge in [0.05, 0.1) is 11.6 Å². The standard InChI is InChI=1S/C20H21N/c1-19(2,3)14-7-9-18-16(11-14)15-10-13(12-21)6-8-17(15)20(18,4)5/h6-11H,1-5H3. The van der Waals surface area contributed by atoms with Gasteiger partial charge in [0.25, 0.3) is 0 Å². The second kappa shape index (κ2) is 4.21. The summed E-state index contributed by atoms with van der Waals surface area (Å²) in [6.07, 6.45) is 0. The first-order chi connectivity index (χ1) is 9.75. The van der Waals surface area contributed by atoms with Crippen LogP contribution in [0.25, 0.3) is 11.1 Å². The van der Waals surface area contributed by atoms with Gasteiger partial charge >= 0.3 is 0 Å². The Hall–Kier alpha value is -2.07. The van der Waals surface area contributed by atoms with Gasteiger partial charge in [0.15, 0.2) is 0 Å². The highest BCUT2D eigenvalue weighted by Crippen LogP contribution is 2.49. The molecular weight excluding hydrogens is 254 g/mol. The van der Waals surface area contributed by atoms with Crippen molar-refractivity contribution in [1.29, 1.82) is 5.26 Å². The van der Waals surface area contributed by atoms with Crippen LogP contribution >= 0.6 is 0 Å². The number of benzene rings is 2. The highest BCUT2D eigenvalue weighted by Gasteiger charge is 2.36. The number of rotatable bonds is 0. The van der Waals surface area contributed by atoms with Gasteiger partial charge in [0.2, 0.25) is 0 Å². The highest BCUT2D eigenvalue weighted by atomic mass is 14.4. The number of nitriles is 1. The maximum Gasteiger partial charge on any atom is 0.0991 e. The summed E-state index contributed by atoms with van der Waals surface area (Å²) in [6, 6.07) is 15.2. The van der Waals surface area contributed by atoms with Gasteiger partial charge < -0.3 is 0 Å². The summed E-state index contributed by atoms with van der Waals surface area (Å²) in [5, 5.41) is 9.18. The number of fused-ring (bicyclic) bond motifs is 3. The molecule has 3 rings (SSSR count). The summed E-state index contributed by atoms with van der Waals surface area (Å²) in [5.74, 6) is 0. The third-order valence-corrected chi connectivity index (χ3v) is 4.67. The van der Waals surface area contributed by atoms with Gasteiger partial charge in [0.1, 0.15) is 0 Å². The van der Waals surface area contributed by atoms with Crippen molar-refractivity contribution in [3.8, 4) is 17.2 Å². The molecule has 1 nitrogen and oxygen atoms in total. The molecule has 0 saturated heterocycles. The third kappa shape index (κ3) is 1.98. The van der Waals surface area contributed by atoms with E-state index in [1.165, 1.54) is 27.8 Å². The van der Waals surface area contributed by atoms with Crippen molar-refractivity contribution in [3.63, 3.8) is 0 Å². The first kappa shape index (κ1) is 13.9. The molecule has 0 N–H and O–H groups in total. The van der Waals surface area contributed by atoms with Crippen molar-refractivity contribution in [2.24, 2.45) is 0 Å². The van der Waals surface area contributed by atoms with Gasteiger partial charge in [-0.3, -0.25) is 0 Å². The molecule has 0 radical (unpaired) electrons. The van der Waals surface area contributed by atoms with E-state index in [0.29, 0.717) is 0 Å². The Balaban J connectivity index is 2.31. The zero-order valence-corrected chi connectivity index (χ0v) is 13.4. The van der Waals surface area contributed by atoms with E-state index < -0.39 is 0 Å². The summed E-state index contributed by atoms with van der Waals surface area (Å²) in [5.41, 5.74) is 7.41. The minimum absolute atomic E-state index is 0.00899. The molecule has 0 atom stereocenters. The summed E-state index contributed by atoms with van der Waals surface area (Å²) < 4.78 is 0. The largest absolute Gasteiger partial charge is 0.192 e. The monoisotopic (exact) mass is 275 g/mol. The molecule has 21 heavy (non-hydrogen) atoms. The fraction of sp³-hybridized carbons (Fsp3) is 0.350. The van der Waals surface area contributed by atoms with Gasteiger partial charge in [-0.2, -0.15) is 5.26 Å². The number of nitrogens with zero attached hydrogens (tertiary/aromatic N) is 1. The van der Waals surface area contributed by atoms with E-state index in [1.54, 1.807) is 0 Å². The SMILES string of the molecule is CC(C)(C)c1ccc2c(c1)-c1cc(C#N)ccc1C2(C)C. The third-order valence-electron chi connectivity index (χ3n) is 4.67. The van der Waals surface area contributed by atoms with Gasteiger partial charge in [-0.15, -0.1) is 0 Å². The van der Waals surface area contributed by atoms with Crippen molar-refractivity contribution in [2.75, 3.05) is 0 Å². The van der Waals surface area contributed by atoms with Crippen LogP contribution in [-0.4, -0.2) is 0 Å². The zero-order valence-electron chi connectivity index (χ0n) is 13.4. The van der Waals surface area contributed by atoms with Crippen molar-refractivity contribution >= 4 is 0 Å². The minimum atomic E-state index is 0.00899. The van der Waals surface area contributed by atoms with E-state index in [0.717, 1.165) is 5.56 Å². The van der Waals surface area contributed by atoms with Crippen LogP contribution in [0.2, 0.25) is 0 Å². The van der Waals surface area contributed by atoms with Crippen LogP contribution in [0.5, 0.6) is 0 Å². The lowest BCUT2D eigenvalue weighted by atomic mass is 9.80. The molecule has 0 aromatic heterocycles. The van der Waals surface area contributed by atoms with Crippen molar-refractivity contribution in [3.05, 3.63) is 58.7 Å². The minimum Gasteiger partial charge on any atom is -0.192 e. The maximum atomic E-state index is 9.18. The fourth-order valence-corrected chi connectivity index (χ4v) is 3.31. The summed E-state index contributed by atoms with van der Waals surface area (Å²) in [6.45, 7) is 11.2. The lowest BCUT2D eigenvalue weighted by molar-refractivity contribution is 0.589.